The molecular formula is C28H46Cl2N2O2. The minimum Gasteiger partial charge on any atom is -0.460 e. The van der Waals surface area contributed by atoms with E-state index in [4.69, 9.17) is 4.74 Å². The molecular weight excluding hydrogens is 467 g/mol. The number of hydrogen-bond donors (Lipinski definition) is 2. The fourth-order valence-electron chi connectivity index (χ4n) is 4.68. The Morgan fingerprint density at radius 3 is 2.15 bits per heavy atom. The van der Waals surface area contributed by atoms with Gasteiger partial charge >= 0.3 is 5.97 Å². The van der Waals surface area contributed by atoms with Gasteiger partial charge in [0.1, 0.15) is 5.60 Å². The van der Waals surface area contributed by atoms with Gasteiger partial charge in [-0.05, 0) is 84.6 Å². The average Bonchev–Trinajstić information content (AvgIpc) is 3.50. The van der Waals surface area contributed by atoms with Gasteiger partial charge in [0.05, 0.1) is 5.41 Å². The topological polar surface area (TPSA) is 50.4 Å². The quantitative estimate of drug-likeness (QED) is 0.367. The summed E-state index contributed by atoms with van der Waals surface area (Å²) in [6.45, 7) is 12.7. The van der Waals surface area contributed by atoms with Gasteiger partial charge in [-0.3, -0.25) is 4.79 Å². The van der Waals surface area contributed by atoms with Crippen LogP contribution in [-0.2, 0) is 9.53 Å². The summed E-state index contributed by atoms with van der Waals surface area (Å²) in [5.41, 5.74) is 1.95. The van der Waals surface area contributed by atoms with Crippen LogP contribution in [0.15, 0.2) is 35.9 Å². The number of rotatable bonds is 9. The minimum atomic E-state index is -0.509. The molecule has 2 atom stereocenters. The van der Waals surface area contributed by atoms with E-state index in [0.29, 0.717) is 30.6 Å². The lowest BCUT2D eigenvalue weighted by Crippen LogP contribution is -2.46. The van der Waals surface area contributed by atoms with Gasteiger partial charge < -0.3 is 15.4 Å². The van der Waals surface area contributed by atoms with Crippen molar-refractivity contribution >= 4 is 36.9 Å². The number of benzene rings is 1. The molecule has 0 bridgehead atoms. The van der Waals surface area contributed by atoms with E-state index in [-0.39, 0.29) is 30.8 Å². The second kappa shape index (κ2) is 13.3. The van der Waals surface area contributed by atoms with Gasteiger partial charge in [0.2, 0.25) is 0 Å². The Hall–Kier alpha value is -1.07. The lowest BCUT2D eigenvalue weighted by molar-refractivity contribution is -0.165. The molecule has 6 heteroatoms. The van der Waals surface area contributed by atoms with Gasteiger partial charge in [0, 0.05) is 24.7 Å². The SMILES string of the molecule is CCC(=Cc1ccccc1)C1C[C@@H]1NC1CCC(NCC(C)(C)C(=O)OC(C)(C)C)CC1.Cl.Cl. The first-order valence-electron chi connectivity index (χ1n) is 12.6. The number of halogens is 2. The molecule has 2 aliphatic rings. The molecule has 2 N–H and O–H groups in total. The van der Waals surface area contributed by atoms with E-state index < -0.39 is 11.0 Å². The van der Waals surface area contributed by atoms with Crippen LogP contribution >= 0.6 is 24.8 Å². The predicted octanol–water partition coefficient (Wildman–Crippen LogP) is 6.57. The van der Waals surface area contributed by atoms with Crippen molar-refractivity contribution in [2.45, 2.75) is 104 Å². The average molecular weight is 514 g/mol. The maximum Gasteiger partial charge on any atom is 0.313 e. The standard InChI is InChI=1S/C28H44N2O2.2ClH/c1-7-21(17-20-11-9-8-10-12-20)24-18-25(24)30-23-15-13-22(14-16-23)29-19-28(5,6)26(31)32-27(2,3)4;;/h8-12,17,22-25,29-30H,7,13-16,18-19H2,1-6H3;2*1H/t22?,23?,24?,25-;;/m0../s1. The van der Waals surface area contributed by atoms with Crippen LogP contribution < -0.4 is 10.6 Å². The summed E-state index contributed by atoms with van der Waals surface area (Å²) in [5, 5.41) is 7.58. The van der Waals surface area contributed by atoms with E-state index in [1.165, 1.54) is 37.7 Å². The second-order valence-corrected chi connectivity index (χ2v) is 11.4. The van der Waals surface area contributed by atoms with Gasteiger partial charge in [-0.25, -0.2) is 0 Å². The molecule has 2 saturated carbocycles. The molecule has 194 valence electrons. The third kappa shape index (κ3) is 9.53. The first-order chi connectivity index (χ1) is 15.1. The van der Waals surface area contributed by atoms with E-state index in [2.05, 4.69) is 54.0 Å². The van der Waals surface area contributed by atoms with Crippen LogP contribution in [0.5, 0.6) is 0 Å². The number of ether oxygens (including phenoxy) is 1. The van der Waals surface area contributed by atoms with Crippen LogP contribution in [0.25, 0.3) is 6.08 Å². The zero-order valence-corrected chi connectivity index (χ0v) is 23.5. The highest BCUT2D eigenvalue weighted by Crippen LogP contribution is 2.40. The molecule has 3 rings (SSSR count). The number of nitrogens with one attached hydrogen (secondary N) is 2. The summed E-state index contributed by atoms with van der Waals surface area (Å²) in [5.74, 6) is 0.577. The summed E-state index contributed by atoms with van der Waals surface area (Å²) in [6, 6.07) is 12.5. The van der Waals surface area contributed by atoms with Crippen molar-refractivity contribution in [2.24, 2.45) is 11.3 Å². The van der Waals surface area contributed by atoms with Crippen molar-refractivity contribution in [3.63, 3.8) is 0 Å². The molecule has 0 heterocycles. The molecule has 0 spiro atoms. The molecule has 0 saturated heterocycles. The first-order valence-corrected chi connectivity index (χ1v) is 12.6. The number of hydrogen-bond acceptors (Lipinski definition) is 4. The van der Waals surface area contributed by atoms with Crippen molar-refractivity contribution in [3.05, 3.63) is 41.5 Å². The van der Waals surface area contributed by atoms with Crippen LogP contribution in [0.1, 0.15) is 85.6 Å². The summed E-state index contributed by atoms with van der Waals surface area (Å²) in [6.07, 6.45) is 9.53. The van der Waals surface area contributed by atoms with E-state index >= 15 is 0 Å². The van der Waals surface area contributed by atoms with Gasteiger partial charge in [-0.1, -0.05) is 48.9 Å². The Morgan fingerprint density at radius 2 is 1.59 bits per heavy atom. The predicted molar refractivity (Wildman–Crippen MR) is 148 cm³/mol. The smallest absolute Gasteiger partial charge is 0.313 e. The molecule has 0 aliphatic heterocycles. The van der Waals surface area contributed by atoms with Crippen LogP contribution in [0.4, 0.5) is 0 Å². The maximum atomic E-state index is 12.5. The Labute approximate surface area is 219 Å². The van der Waals surface area contributed by atoms with Crippen molar-refractivity contribution in [3.8, 4) is 0 Å². The highest BCUT2D eigenvalue weighted by molar-refractivity contribution is 5.85. The third-order valence-electron chi connectivity index (χ3n) is 6.79. The molecule has 1 aromatic carbocycles. The first kappa shape index (κ1) is 31.0. The summed E-state index contributed by atoms with van der Waals surface area (Å²) >= 11 is 0. The number of esters is 1. The molecule has 34 heavy (non-hydrogen) atoms. The molecule has 0 aromatic heterocycles. The van der Waals surface area contributed by atoms with Gasteiger partial charge in [0.15, 0.2) is 0 Å². The fourth-order valence-corrected chi connectivity index (χ4v) is 4.68. The molecule has 2 fully saturated rings. The van der Waals surface area contributed by atoms with Gasteiger partial charge in [0.25, 0.3) is 0 Å². The van der Waals surface area contributed by atoms with E-state index in [1.807, 2.05) is 34.6 Å². The number of carbonyl (C=O) groups is 1. The van der Waals surface area contributed by atoms with Gasteiger partial charge in [-0.2, -0.15) is 0 Å². The summed E-state index contributed by atoms with van der Waals surface area (Å²) in [4.78, 5) is 12.5. The Morgan fingerprint density at radius 1 is 1.00 bits per heavy atom. The molecule has 4 nitrogen and oxygen atoms in total. The minimum absolute atomic E-state index is 0. The lowest BCUT2D eigenvalue weighted by Gasteiger charge is -2.33. The van der Waals surface area contributed by atoms with Crippen molar-refractivity contribution < 1.29 is 9.53 Å². The van der Waals surface area contributed by atoms with Crippen LogP contribution in [0, 0.1) is 11.3 Å². The number of carbonyl (C=O) groups excluding carboxylic acids is 1. The van der Waals surface area contributed by atoms with Crippen molar-refractivity contribution in [2.75, 3.05) is 6.54 Å². The highest BCUT2D eigenvalue weighted by Gasteiger charge is 2.40. The van der Waals surface area contributed by atoms with Crippen molar-refractivity contribution in [1.82, 2.24) is 10.6 Å². The van der Waals surface area contributed by atoms with Crippen LogP contribution in [0.3, 0.4) is 0 Å². The molecule has 1 aromatic rings. The zero-order chi connectivity index (χ0) is 23.4. The fraction of sp³-hybridized carbons (Fsp3) is 0.679. The van der Waals surface area contributed by atoms with Crippen LogP contribution in [0.2, 0.25) is 0 Å². The Balaban J connectivity index is 0.00000289. The van der Waals surface area contributed by atoms with Crippen LogP contribution in [-0.4, -0.2) is 36.2 Å². The Kier molecular flexibility index (Phi) is 12.1. The molecule has 2 aliphatic carbocycles. The molecule has 0 radical (unpaired) electrons. The summed E-state index contributed by atoms with van der Waals surface area (Å²) in [7, 11) is 0. The van der Waals surface area contributed by atoms with E-state index in [9.17, 15) is 4.79 Å². The third-order valence-corrected chi connectivity index (χ3v) is 6.79. The largest absolute Gasteiger partial charge is 0.460 e. The van der Waals surface area contributed by atoms with E-state index in [0.717, 1.165) is 6.42 Å². The highest BCUT2D eigenvalue weighted by atomic mass is 35.5. The lowest BCUT2D eigenvalue weighted by atomic mass is 9.88. The normalized spacial score (nSPS) is 25.1. The Bertz CT molecular complexity index is 781. The van der Waals surface area contributed by atoms with E-state index in [1.54, 1.807) is 5.57 Å². The maximum absolute atomic E-state index is 12.5. The molecule has 1 unspecified atom stereocenters. The second-order valence-electron chi connectivity index (χ2n) is 11.4. The molecule has 0 amide bonds. The monoisotopic (exact) mass is 512 g/mol. The zero-order valence-electron chi connectivity index (χ0n) is 21.9. The van der Waals surface area contributed by atoms with Crippen molar-refractivity contribution in [1.29, 1.82) is 0 Å². The van der Waals surface area contributed by atoms with Gasteiger partial charge in [-0.15, -0.1) is 24.8 Å². The summed E-state index contributed by atoms with van der Waals surface area (Å²) < 4.78 is 5.59.